The van der Waals surface area contributed by atoms with E-state index in [2.05, 4.69) is 0 Å². The Balaban J connectivity index is 1.51. The summed E-state index contributed by atoms with van der Waals surface area (Å²) in [5.74, 6) is -2.79. The number of aliphatic hydroxyl groups excluding tert-OH is 5. The molecule has 2 aliphatic rings. The molecule has 0 spiro atoms. The number of ether oxygens (including phenoxy) is 5. The first kappa shape index (κ1) is 32.4. The highest BCUT2D eigenvalue weighted by Gasteiger charge is 2.52. The Hall–Kier alpha value is -4.00. The molecule has 16 heteroatoms. The molecule has 3 aromatic rings. The Morgan fingerprint density at radius 1 is 0.867 bits per heavy atom. The zero-order valence-electron chi connectivity index (χ0n) is 23.8. The molecule has 0 amide bonds. The SMILES string of the molecule is CC(=O)O[C@H]1[C@@H](O)[C@H](Oc2c(-c3ccc(O)cc3)oc3cc(O)cc(O)c3c2=O)O[C@@H](C)[C@@H]1O[C@@H]1O[C@H](CO)[C@@H](O)[C@H](O)[C@H]1O. The second-order valence-corrected chi connectivity index (χ2v) is 10.7. The minimum atomic E-state index is -1.88. The Labute approximate surface area is 253 Å². The molecule has 1 aromatic heterocycles. The first-order valence-corrected chi connectivity index (χ1v) is 13.8. The zero-order chi connectivity index (χ0) is 32.7. The fourth-order valence-electron chi connectivity index (χ4n) is 5.23. The predicted octanol–water partition coefficient (Wildman–Crippen LogP) is -0.822. The lowest BCUT2D eigenvalue weighted by Gasteiger charge is -2.46. The maximum Gasteiger partial charge on any atom is 0.303 e. The summed E-state index contributed by atoms with van der Waals surface area (Å²) >= 11 is 0. The van der Waals surface area contributed by atoms with Crippen LogP contribution in [-0.4, -0.2) is 115 Å². The number of aliphatic hydroxyl groups is 5. The predicted molar refractivity (Wildman–Crippen MR) is 148 cm³/mol. The highest BCUT2D eigenvalue weighted by molar-refractivity contribution is 5.88. The van der Waals surface area contributed by atoms with Gasteiger partial charge in [0.1, 0.15) is 58.7 Å². The van der Waals surface area contributed by atoms with Crippen LogP contribution in [-0.2, 0) is 23.7 Å². The largest absolute Gasteiger partial charge is 0.508 e. The van der Waals surface area contributed by atoms with Crippen LogP contribution in [0.1, 0.15) is 13.8 Å². The number of esters is 1. The van der Waals surface area contributed by atoms with Gasteiger partial charge in [-0.25, -0.2) is 0 Å². The Morgan fingerprint density at radius 3 is 2.20 bits per heavy atom. The van der Waals surface area contributed by atoms with E-state index in [1.54, 1.807) is 0 Å². The van der Waals surface area contributed by atoms with Crippen molar-refractivity contribution in [3.8, 4) is 34.3 Å². The molecule has 0 radical (unpaired) electrons. The van der Waals surface area contributed by atoms with Gasteiger partial charge >= 0.3 is 5.97 Å². The highest BCUT2D eigenvalue weighted by atomic mass is 16.7. The Kier molecular flexibility index (Phi) is 9.20. The molecule has 16 nitrogen and oxygen atoms in total. The fourth-order valence-corrected chi connectivity index (χ4v) is 5.23. The van der Waals surface area contributed by atoms with E-state index in [1.807, 2.05) is 0 Å². The Morgan fingerprint density at radius 2 is 1.56 bits per heavy atom. The molecule has 2 aliphatic heterocycles. The second-order valence-electron chi connectivity index (χ2n) is 10.7. The van der Waals surface area contributed by atoms with E-state index in [-0.39, 0.29) is 28.0 Å². The first-order chi connectivity index (χ1) is 21.3. The topological polar surface area (TPSA) is 255 Å². The van der Waals surface area contributed by atoms with Crippen LogP contribution in [0.3, 0.4) is 0 Å². The van der Waals surface area contributed by atoms with E-state index in [1.165, 1.54) is 31.2 Å². The smallest absolute Gasteiger partial charge is 0.303 e. The molecule has 2 fully saturated rings. The molecular weight excluding hydrogens is 604 g/mol. The lowest BCUT2D eigenvalue weighted by Crippen LogP contribution is -2.64. The third-order valence-electron chi connectivity index (χ3n) is 7.47. The monoisotopic (exact) mass is 636 g/mol. The van der Waals surface area contributed by atoms with Crippen LogP contribution in [0.5, 0.6) is 23.0 Å². The molecule has 10 atom stereocenters. The van der Waals surface area contributed by atoms with E-state index in [0.717, 1.165) is 19.1 Å². The molecule has 45 heavy (non-hydrogen) atoms. The van der Waals surface area contributed by atoms with Gasteiger partial charge in [0.15, 0.2) is 24.3 Å². The van der Waals surface area contributed by atoms with Crippen LogP contribution in [0.15, 0.2) is 45.6 Å². The molecule has 0 bridgehead atoms. The van der Waals surface area contributed by atoms with Crippen molar-refractivity contribution in [1.29, 1.82) is 0 Å². The molecule has 3 heterocycles. The minimum absolute atomic E-state index is 0.103. The molecule has 2 aromatic carbocycles. The summed E-state index contributed by atoms with van der Waals surface area (Å²) in [6.07, 6.45) is -16.0. The summed E-state index contributed by atoms with van der Waals surface area (Å²) in [6.45, 7) is 1.73. The van der Waals surface area contributed by atoms with Gasteiger partial charge in [-0.2, -0.15) is 0 Å². The number of fused-ring (bicyclic) bond motifs is 1. The minimum Gasteiger partial charge on any atom is -0.508 e. The summed E-state index contributed by atoms with van der Waals surface area (Å²) in [5, 5.41) is 81.3. The number of phenolic OH excluding ortho intramolecular Hbond substituents is 3. The molecule has 244 valence electrons. The number of aromatic hydroxyl groups is 3. The fraction of sp³-hybridized carbons (Fsp3) is 0.448. The number of phenols is 3. The quantitative estimate of drug-likeness (QED) is 0.147. The third-order valence-corrected chi connectivity index (χ3v) is 7.47. The van der Waals surface area contributed by atoms with Crippen molar-refractivity contribution in [3.05, 3.63) is 46.6 Å². The normalized spacial score (nSPS) is 31.9. The van der Waals surface area contributed by atoms with E-state index >= 15 is 0 Å². The molecule has 5 rings (SSSR count). The average Bonchev–Trinajstić information content (AvgIpc) is 2.98. The van der Waals surface area contributed by atoms with E-state index in [0.29, 0.717) is 0 Å². The zero-order valence-corrected chi connectivity index (χ0v) is 23.8. The van der Waals surface area contributed by atoms with Crippen LogP contribution < -0.4 is 10.2 Å². The first-order valence-electron chi connectivity index (χ1n) is 13.8. The van der Waals surface area contributed by atoms with E-state index in [9.17, 15) is 50.4 Å². The van der Waals surface area contributed by atoms with Crippen molar-refractivity contribution < 1.29 is 73.7 Å². The average molecular weight is 637 g/mol. The van der Waals surface area contributed by atoms with E-state index < -0.39 is 96.7 Å². The van der Waals surface area contributed by atoms with E-state index in [4.69, 9.17) is 28.1 Å². The van der Waals surface area contributed by atoms with Crippen LogP contribution in [0.2, 0.25) is 0 Å². The van der Waals surface area contributed by atoms with Crippen LogP contribution in [0, 0.1) is 0 Å². The number of hydrogen-bond donors (Lipinski definition) is 8. The molecular formula is C29H32O16. The molecule has 2 saturated heterocycles. The van der Waals surface area contributed by atoms with Gasteiger partial charge in [0.25, 0.3) is 0 Å². The summed E-state index contributed by atoms with van der Waals surface area (Å²) in [6, 6.07) is 7.39. The summed E-state index contributed by atoms with van der Waals surface area (Å²) < 4.78 is 34.0. The maximum absolute atomic E-state index is 13.7. The van der Waals surface area contributed by atoms with Crippen molar-refractivity contribution >= 4 is 16.9 Å². The van der Waals surface area contributed by atoms with Crippen molar-refractivity contribution in [2.75, 3.05) is 6.61 Å². The molecule has 8 N–H and O–H groups in total. The van der Waals surface area contributed by atoms with Gasteiger partial charge in [0, 0.05) is 24.6 Å². The summed E-state index contributed by atoms with van der Waals surface area (Å²) in [4.78, 5) is 25.8. The number of carbonyl (C=O) groups excluding carboxylic acids is 1. The van der Waals surface area contributed by atoms with Gasteiger partial charge in [-0.3, -0.25) is 9.59 Å². The molecule has 0 saturated carbocycles. The van der Waals surface area contributed by atoms with Gasteiger partial charge in [-0.15, -0.1) is 0 Å². The lowest BCUT2D eigenvalue weighted by atomic mass is 9.97. The standard InChI is InChI=1S/C29H32O16/c1-10-24(44-28-22(38)21(37)19(35)17(9-30)43-28)27(41-11(2)31)23(39)29(40-10)45-26-20(36)18-15(34)7-14(33)8-16(18)42-25(26)12-3-5-13(32)6-4-12/h3-8,10,17,19,21-24,27-30,32-35,37-39H,9H2,1-2H3/t10-,17+,19+,21-,22+,23+,24-,27-,28-,29-/m0/s1. The highest BCUT2D eigenvalue weighted by Crippen LogP contribution is 2.38. The van der Waals surface area contributed by atoms with Gasteiger partial charge in [0.2, 0.25) is 17.5 Å². The van der Waals surface area contributed by atoms with Gasteiger partial charge < -0.3 is 69.0 Å². The summed E-state index contributed by atoms with van der Waals surface area (Å²) in [7, 11) is 0. The second kappa shape index (κ2) is 12.8. The van der Waals surface area contributed by atoms with Crippen LogP contribution in [0.4, 0.5) is 0 Å². The van der Waals surface area contributed by atoms with Crippen molar-refractivity contribution in [2.45, 2.75) is 75.3 Å². The Bertz CT molecular complexity index is 1590. The molecule has 0 unspecified atom stereocenters. The number of rotatable bonds is 7. The molecule has 0 aliphatic carbocycles. The third kappa shape index (κ3) is 6.27. The summed E-state index contributed by atoms with van der Waals surface area (Å²) in [5.41, 5.74) is -0.926. The maximum atomic E-state index is 13.7. The van der Waals surface area contributed by atoms with Crippen molar-refractivity contribution in [1.82, 2.24) is 0 Å². The van der Waals surface area contributed by atoms with Crippen LogP contribution in [0.25, 0.3) is 22.3 Å². The number of carbonyl (C=O) groups is 1. The van der Waals surface area contributed by atoms with Gasteiger partial charge in [-0.1, -0.05) is 0 Å². The van der Waals surface area contributed by atoms with Gasteiger partial charge in [-0.05, 0) is 31.2 Å². The van der Waals surface area contributed by atoms with Crippen molar-refractivity contribution in [3.63, 3.8) is 0 Å². The number of hydrogen-bond acceptors (Lipinski definition) is 16. The number of benzene rings is 2. The van der Waals surface area contributed by atoms with Crippen LogP contribution >= 0.6 is 0 Å². The van der Waals surface area contributed by atoms with Crippen molar-refractivity contribution in [2.24, 2.45) is 0 Å². The van der Waals surface area contributed by atoms with Gasteiger partial charge in [0.05, 0.1) is 12.7 Å². The lowest BCUT2D eigenvalue weighted by molar-refractivity contribution is -0.349.